The predicted molar refractivity (Wildman–Crippen MR) is 53.2 cm³/mol. The zero-order chi connectivity index (χ0) is 10.5. The first-order chi connectivity index (χ1) is 7.28. The second-order valence-corrected chi connectivity index (χ2v) is 4.05. The Labute approximate surface area is 88.0 Å². The van der Waals surface area contributed by atoms with Crippen LogP contribution in [0.5, 0.6) is 0 Å². The van der Waals surface area contributed by atoms with Crippen LogP contribution in [0.1, 0.15) is 30.1 Å². The summed E-state index contributed by atoms with van der Waals surface area (Å²) in [4.78, 5) is 11.8. The van der Waals surface area contributed by atoms with Crippen LogP contribution in [0.15, 0.2) is 24.3 Å². The Bertz CT molecular complexity index is 427. The average Bonchev–Trinajstić information content (AvgIpc) is 2.86. The van der Waals surface area contributed by atoms with Gasteiger partial charge in [0.25, 0.3) is 0 Å². The van der Waals surface area contributed by atoms with Crippen LogP contribution in [-0.4, -0.2) is 13.1 Å². The summed E-state index contributed by atoms with van der Waals surface area (Å²) in [6, 6.07) is 7.91. The summed E-state index contributed by atoms with van der Waals surface area (Å²) in [5.74, 6) is -0.269. The van der Waals surface area contributed by atoms with Crippen LogP contribution in [0.25, 0.3) is 0 Å². The average molecular weight is 204 g/mol. The van der Waals surface area contributed by atoms with Crippen LogP contribution in [0.3, 0.4) is 0 Å². The second-order valence-electron chi connectivity index (χ2n) is 4.05. The summed E-state index contributed by atoms with van der Waals surface area (Å²) in [6.45, 7) is 0. The second kappa shape index (κ2) is 2.83. The van der Waals surface area contributed by atoms with Crippen molar-refractivity contribution in [2.75, 3.05) is 7.11 Å². The monoisotopic (exact) mass is 204 g/mol. The van der Waals surface area contributed by atoms with Gasteiger partial charge >= 0.3 is 5.97 Å². The number of carbonyl (C=O) groups is 1. The first kappa shape index (κ1) is 8.92. The minimum absolute atomic E-state index is 0.0836. The number of benzene rings is 1. The van der Waals surface area contributed by atoms with Crippen LogP contribution in [0.4, 0.5) is 0 Å². The van der Waals surface area contributed by atoms with E-state index in [1.165, 1.54) is 7.11 Å². The molecule has 15 heavy (non-hydrogen) atoms. The molecule has 0 unspecified atom stereocenters. The van der Waals surface area contributed by atoms with Crippen molar-refractivity contribution in [2.45, 2.75) is 24.5 Å². The molecule has 1 aromatic carbocycles. The summed E-state index contributed by atoms with van der Waals surface area (Å²) in [7, 11) is 1.41. The maximum atomic E-state index is 11.8. The van der Waals surface area contributed by atoms with Crippen molar-refractivity contribution in [1.82, 2.24) is 0 Å². The van der Waals surface area contributed by atoms with Gasteiger partial charge < -0.3 is 9.47 Å². The number of methoxy groups -OCH3 is 1. The fourth-order valence-electron chi connectivity index (χ4n) is 2.68. The lowest BCUT2D eigenvalue weighted by Crippen LogP contribution is -2.34. The highest BCUT2D eigenvalue weighted by atomic mass is 16.6. The molecular weight excluding hydrogens is 192 g/mol. The van der Waals surface area contributed by atoms with Gasteiger partial charge in [-0.3, -0.25) is 0 Å². The van der Waals surface area contributed by atoms with Crippen LogP contribution in [0, 0.1) is 0 Å². The van der Waals surface area contributed by atoms with E-state index in [0.717, 1.165) is 24.0 Å². The van der Waals surface area contributed by atoms with Gasteiger partial charge in [-0.15, -0.1) is 0 Å². The van der Waals surface area contributed by atoms with Gasteiger partial charge in [-0.1, -0.05) is 24.3 Å². The minimum atomic E-state index is -0.810. The van der Waals surface area contributed by atoms with Gasteiger partial charge in [-0.2, -0.15) is 0 Å². The lowest BCUT2D eigenvalue weighted by atomic mass is 9.82. The summed E-state index contributed by atoms with van der Waals surface area (Å²) < 4.78 is 10.7. The summed E-state index contributed by atoms with van der Waals surface area (Å²) >= 11 is 0. The zero-order valence-electron chi connectivity index (χ0n) is 8.53. The van der Waals surface area contributed by atoms with E-state index in [1.54, 1.807) is 0 Å². The number of rotatable bonds is 1. The van der Waals surface area contributed by atoms with Crippen molar-refractivity contribution < 1.29 is 14.3 Å². The Morgan fingerprint density at radius 2 is 2.33 bits per heavy atom. The Kier molecular flexibility index (Phi) is 1.68. The van der Waals surface area contributed by atoms with Crippen LogP contribution in [0.2, 0.25) is 0 Å². The molecule has 2 aliphatic heterocycles. The SMILES string of the molecule is COC(=O)[C@@]12CC[C@H](O1)c1ccccc12. The van der Waals surface area contributed by atoms with Gasteiger partial charge in [-0.05, 0) is 18.4 Å². The molecule has 78 valence electrons. The van der Waals surface area contributed by atoms with Crippen molar-refractivity contribution in [3.05, 3.63) is 35.4 Å². The number of hydrogen-bond acceptors (Lipinski definition) is 3. The first-order valence-electron chi connectivity index (χ1n) is 5.13. The fraction of sp³-hybridized carbons (Fsp3) is 0.417. The lowest BCUT2D eigenvalue weighted by molar-refractivity contribution is -0.166. The molecule has 0 spiro atoms. The molecule has 0 N–H and O–H groups in total. The predicted octanol–water partition coefficient (Wildman–Crippen LogP) is 1.92. The van der Waals surface area contributed by atoms with Crippen molar-refractivity contribution in [3.63, 3.8) is 0 Å². The number of esters is 1. The summed E-state index contributed by atoms with van der Waals surface area (Å²) in [5.41, 5.74) is 1.33. The van der Waals surface area contributed by atoms with Crippen LogP contribution >= 0.6 is 0 Å². The molecule has 1 fully saturated rings. The zero-order valence-corrected chi connectivity index (χ0v) is 8.53. The van der Waals surface area contributed by atoms with Gasteiger partial charge in [0.2, 0.25) is 0 Å². The van der Waals surface area contributed by atoms with Crippen LogP contribution in [-0.2, 0) is 19.9 Å². The van der Waals surface area contributed by atoms with E-state index >= 15 is 0 Å². The van der Waals surface area contributed by atoms with E-state index in [-0.39, 0.29) is 12.1 Å². The Morgan fingerprint density at radius 1 is 1.53 bits per heavy atom. The molecule has 3 heteroatoms. The molecule has 1 aromatic rings. The molecular formula is C12H12O3. The number of hydrogen-bond donors (Lipinski definition) is 0. The molecule has 2 heterocycles. The molecule has 0 aromatic heterocycles. The highest BCUT2D eigenvalue weighted by Gasteiger charge is 2.56. The van der Waals surface area contributed by atoms with Crippen molar-refractivity contribution >= 4 is 5.97 Å². The molecule has 2 bridgehead atoms. The van der Waals surface area contributed by atoms with E-state index in [0.29, 0.717) is 0 Å². The van der Waals surface area contributed by atoms with Gasteiger partial charge in [0.15, 0.2) is 5.60 Å². The summed E-state index contributed by atoms with van der Waals surface area (Å²) in [5, 5.41) is 0. The van der Waals surface area contributed by atoms with Gasteiger partial charge in [0, 0.05) is 5.56 Å². The van der Waals surface area contributed by atoms with E-state index < -0.39 is 5.60 Å². The molecule has 0 radical (unpaired) electrons. The minimum Gasteiger partial charge on any atom is -0.467 e. The third-order valence-corrected chi connectivity index (χ3v) is 3.36. The van der Waals surface area contributed by atoms with Crippen molar-refractivity contribution in [2.24, 2.45) is 0 Å². The maximum absolute atomic E-state index is 11.8. The van der Waals surface area contributed by atoms with Crippen molar-refractivity contribution in [3.8, 4) is 0 Å². The normalized spacial score (nSPS) is 31.4. The maximum Gasteiger partial charge on any atom is 0.342 e. The number of fused-ring (bicyclic) bond motifs is 5. The topological polar surface area (TPSA) is 35.5 Å². The lowest BCUT2D eigenvalue weighted by Gasteiger charge is -2.23. The van der Waals surface area contributed by atoms with Gasteiger partial charge in [0.05, 0.1) is 13.2 Å². The van der Waals surface area contributed by atoms with Gasteiger partial charge in [-0.25, -0.2) is 4.79 Å². The molecule has 3 nitrogen and oxygen atoms in total. The number of ether oxygens (including phenoxy) is 2. The van der Waals surface area contributed by atoms with E-state index in [9.17, 15) is 4.79 Å². The van der Waals surface area contributed by atoms with Crippen LogP contribution < -0.4 is 0 Å². The summed E-state index contributed by atoms with van der Waals surface area (Å²) in [6.07, 6.45) is 1.73. The first-order valence-corrected chi connectivity index (χ1v) is 5.13. The van der Waals surface area contributed by atoms with Gasteiger partial charge in [0.1, 0.15) is 0 Å². The van der Waals surface area contributed by atoms with E-state index in [4.69, 9.17) is 9.47 Å². The third kappa shape index (κ3) is 0.960. The molecule has 0 saturated carbocycles. The molecule has 0 aliphatic carbocycles. The third-order valence-electron chi connectivity index (χ3n) is 3.36. The fourth-order valence-corrected chi connectivity index (χ4v) is 2.68. The quantitative estimate of drug-likeness (QED) is 0.655. The largest absolute Gasteiger partial charge is 0.467 e. The molecule has 3 rings (SSSR count). The Hall–Kier alpha value is -1.35. The van der Waals surface area contributed by atoms with E-state index in [2.05, 4.69) is 0 Å². The number of carbonyl (C=O) groups excluding carboxylic acids is 1. The molecule has 1 saturated heterocycles. The molecule has 2 aliphatic rings. The Balaban J connectivity index is 2.17. The van der Waals surface area contributed by atoms with E-state index in [1.807, 2.05) is 24.3 Å². The highest BCUT2D eigenvalue weighted by Crippen LogP contribution is 2.55. The molecule has 0 amide bonds. The molecule has 2 atom stereocenters. The Morgan fingerprint density at radius 3 is 3.13 bits per heavy atom. The standard InChI is InChI=1S/C12H12O3/c1-14-11(13)12-7-6-10(15-12)8-4-2-3-5-9(8)12/h2-5,10H,6-7H2,1H3/t10-,12-/m0/s1. The smallest absolute Gasteiger partial charge is 0.342 e. The van der Waals surface area contributed by atoms with Crippen molar-refractivity contribution in [1.29, 1.82) is 0 Å². The highest BCUT2D eigenvalue weighted by molar-refractivity contribution is 5.83.